The Balaban J connectivity index is 1.55. The second-order valence-electron chi connectivity index (χ2n) is 7.42. The molecule has 1 heterocycles. The van der Waals surface area contributed by atoms with Crippen molar-refractivity contribution in [2.45, 2.75) is 13.2 Å². The second kappa shape index (κ2) is 11.0. The van der Waals surface area contributed by atoms with Gasteiger partial charge in [-0.1, -0.05) is 41.4 Å². The lowest BCUT2D eigenvalue weighted by molar-refractivity contribution is -0.123. The van der Waals surface area contributed by atoms with Gasteiger partial charge in [-0.2, -0.15) is 0 Å². The van der Waals surface area contributed by atoms with Gasteiger partial charge in [0, 0.05) is 15.6 Å². The summed E-state index contributed by atoms with van der Waals surface area (Å²) in [5.41, 5.74) is 1.78. The summed E-state index contributed by atoms with van der Waals surface area (Å²) < 4.78 is 25.3. The number of halogens is 4. The summed E-state index contributed by atoms with van der Waals surface area (Å²) in [4.78, 5) is 26.9. The smallest absolute Gasteiger partial charge is 0.293 e. The number of amides is 2. The van der Waals surface area contributed by atoms with E-state index in [4.69, 9.17) is 32.7 Å². The normalized spacial score (nSPS) is 14.7. The van der Waals surface area contributed by atoms with Gasteiger partial charge in [-0.25, -0.2) is 4.39 Å². The van der Waals surface area contributed by atoms with Gasteiger partial charge >= 0.3 is 0 Å². The van der Waals surface area contributed by atoms with E-state index in [1.54, 1.807) is 48.5 Å². The molecule has 0 saturated carbocycles. The zero-order valence-corrected chi connectivity index (χ0v) is 22.1. The maximum atomic E-state index is 13.4. The number of imide groups is 1. The number of hydrogen-bond acceptors (Lipinski definition) is 5. The third-order valence-electron chi connectivity index (χ3n) is 5.07. The molecule has 5 nitrogen and oxygen atoms in total. The van der Waals surface area contributed by atoms with Crippen LogP contribution in [0.5, 0.6) is 11.5 Å². The van der Waals surface area contributed by atoms with Gasteiger partial charge in [0.15, 0.2) is 11.5 Å². The van der Waals surface area contributed by atoms with Crippen LogP contribution in [0.2, 0.25) is 10.0 Å². The van der Waals surface area contributed by atoms with Crippen molar-refractivity contribution in [1.29, 1.82) is 0 Å². The lowest BCUT2D eigenvalue weighted by Crippen LogP contribution is -2.27. The molecule has 35 heavy (non-hydrogen) atoms. The molecule has 0 radical (unpaired) electrons. The average molecular weight is 597 g/mol. The van der Waals surface area contributed by atoms with E-state index in [0.29, 0.717) is 42.7 Å². The minimum Gasteiger partial charge on any atom is -0.493 e. The first-order valence-electron chi connectivity index (χ1n) is 10.2. The third kappa shape index (κ3) is 5.83. The number of methoxy groups -OCH3 is 1. The van der Waals surface area contributed by atoms with E-state index in [0.717, 1.165) is 16.7 Å². The van der Waals surface area contributed by atoms with Gasteiger partial charge in [0.25, 0.3) is 11.1 Å². The van der Waals surface area contributed by atoms with Crippen molar-refractivity contribution in [3.63, 3.8) is 0 Å². The number of rotatable bonds is 7. The van der Waals surface area contributed by atoms with Crippen LogP contribution in [0.1, 0.15) is 16.7 Å². The molecule has 0 unspecified atom stereocenters. The Morgan fingerprint density at radius 3 is 2.49 bits per heavy atom. The number of ether oxygens (including phenoxy) is 2. The number of carbonyl (C=O) groups is 2. The fourth-order valence-electron chi connectivity index (χ4n) is 3.37. The molecule has 4 rings (SSSR count). The lowest BCUT2D eigenvalue weighted by Gasteiger charge is -2.15. The Labute approximate surface area is 223 Å². The Hall–Kier alpha value is -2.52. The molecule has 3 aromatic carbocycles. The highest BCUT2D eigenvalue weighted by Crippen LogP contribution is 2.40. The first-order valence-corrected chi connectivity index (χ1v) is 12.6. The van der Waals surface area contributed by atoms with Crippen LogP contribution in [0.15, 0.2) is 64.0 Å². The standard InChI is InChI=1S/C25H17BrCl2FNO4S/c1-33-21-10-15(9-18(26)23(21)34-13-14-4-2-5-16(29)8-14)11-22-24(31)30(25(32)35-22)12-17-19(27)6-3-7-20(17)28/h2-11H,12-13H2,1H3/b22-11-. The van der Waals surface area contributed by atoms with Crippen molar-refractivity contribution in [3.8, 4) is 11.5 Å². The highest BCUT2D eigenvalue weighted by Gasteiger charge is 2.35. The molecule has 0 N–H and O–H groups in total. The van der Waals surface area contributed by atoms with Crippen LogP contribution < -0.4 is 9.47 Å². The zero-order chi connectivity index (χ0) is 25.1. The first kappa shape index (κ1) is 25.6. The summed E-state index contributed by atoms with van der Waals surface area (Å²) in [5.74, 6) is 0.0372. The molecule has 0 aromatic heterocycles. The number of hydrogen-bond donors (Lipinski definition) is 0. The van der Waals surface area contributed by atoms with Crippen LogP contribution in [0.3, 0.4) is 0 Å². The summed E-state index contributed by atoms with van der Waals surface area (Å²) in [5, 5.41) is 0.337. The van der Waals surface area contributed by atoms with Crippen LogP contribution in [0.4, 0.5) is 9.18 Å². The van der Waals surface area contributed by atoms with E-state index < -0.39 is 11.1 Å². The van der Waals surface area contributed by atoms with Crippen LogP contribution >= 0.6 is 50.9 Å². The zero-order valence-electron chi connectivity index (χ0n) is 18.2. The van der Waals surface area contributed by atoms with Crippen LogP contribution in [-0.4, -0.2) is 23.2 Å². The number of carbonyl (C=O) groups excluding carboxylic acids is 2. The van der Waals surface area contributed by atoms with Crippen molar-refractivity contribution in [3.05, 3.63) is 96.5 Å². The molecule has 10 heteroatoms. The Kier molecular flexibility index (Phi) is 8.06. The summed E-state index contributed by atoms with van der Waals surface area (Å²) in [6.45, 7) is 0.107. The molecule has 0 atom stereocenters. The topological polar surface area (TPSA) is 55.8 Å². The van der Waals surface area contributed by atoms with Crippen molar-refractivity contribution in [2.75, 3.05) is 7.11 Å². The van der Waals surface area contributed by atoms with Gasteiger partial charge in [-0.3, -0.25) is 14.5 Å². The maximum Gasteiger partial charge on any atom is 0.293 e. The summed E-state index contributed by atoms with van der Waals surface area (Å²) in [7, 11) is 1.49. The van der Waals surface area contributed by atoms with Crippen molar-refractivity contribution in [2.24, 2.45) is 0 Å². The summed E-state index contributed by atoms with van der Waals surface area (Å²) in [6, 6.07) is 14.5. The largest absolute Gasteiger partial charge is 0.493 e. The second-order valence-corrected chi connectivity index (χ2v) is 10.1. The monoisotopic (exact) mass is 595 g/mol. The minimum atomic E-state index is -0.447. The average Bonchev–Trinajstić information content (AvgIpc) is 3.07. The molecule has 0 spiro atoms. The van der Waals surface area contributed by atoms with Crippen molar-refractivity contribution < 1.29 is 23.5 Å². The van der Waals surface area contributed by atoms with E-state index in [1.807, 2.05) is 0 Å². The highest BCUT2D eigenvalue weighted by atomic mass is 79.9. The maximum absolute atomic E-state index is 13.4. The van der Waals surface area contributed by atoms with Gasteiger partial charge in [0.1, 0.15) is 12.4 Å². The molecule has 1 aliphatic rings. The minimum absolute atomic E-state index is 0.0274. The van der Waals surface area contributed by atoms with Gasteiger partial charge in [0.05, 0.1) is 23.0 Å². The quantitative estimate of drug-likeness (QED) is 0.261. The predicted molar refractivity (Wildman–Crippen MR) is 139 cm³/mol. The fourth-order valence-corrected chi connectivity index (χ4v) is 5.30. The molecule has 180 valence electrons. The van der Waals surface area contributed by atoms with Crippen molar-refractivity contribution >= 4 is 68.1 Å². The van der Waals surface area contributed by atoms with Crippen LogP contribution in [-0.2, 0) is 17.9 Å². The van der Waals surface area contributed by atoms with Gasteiger partial charge < -0.3 is 9.47 Å². The fraction of sp³-hybridized carbons (Fsp3) is 0.120. The number of benzene rings is 3. The molecular weight excluding hydrogens is 580 g/mol. The third-order valence-corrected chi connectivity index (χ3v) is 7.28. The van der Waals surface area contributed by atoms with Crippen LogP contribution in [0.25, 0.3) is 6.08 Å². The molecular formula is C25H17BrCl2FNO4S. The molecule has 3 aromatic rings. The predicted octanol–water partition coefficient (Wildman–Crippen LogP) is 7.72. The van der Waals surface area contributed by atoms with E-state index in [9.17, 15) is 14.0 Å². The number of nitrogens with zero attached hydrogens (tertiary/aromatic N) is 1. The number of thioether (sulfide) groups is 1. The molecule has 0 aliphatic carbocycles. The van der Waals surface area contributed by atoms with Gasteiger partial charge in [-0.05, 0) is 81.3 Å². The van der Waals surface area contributed by atoms with E-state index in [-0.39, 0.29) is 23.9 Å². The first-order chi connectivity index (χ1) is 16.8. The van der Waals surface area contributed by atoms with E-state index in [2.05, 4.69) is 15.9 Å². The van der Waals surface area contributed by atoms with Gasteiger partial charge in [-0.15, -0.1) is 0 Å². The Bertz CT molecular complexity index is 1330. The molecule has 0 bridgehead atoms. The molecule has 1 fully saturated rings. The van der Waals surface area contributed by atoms with Crippen LogP contribution in [0, 0.1) is 5.82 Å². The van der Waals surface area contributed by atoms with E-state index >= 15 is 0 Å². The molecule has 2 amide bonds. The molecule has 1 saturated heterocycles. The van der Waals surface area contributed by atoms with Gasteiger partial charge in [0.2, 0.25) is 0 Å². The highest BCUT2D eigenvalue weighted by molar-refractivity contribution is 9.10. The molecule has 1 aliphatic heterocycles. The SMILES string of the molecule is COc1cc(/C=C2\SC(=O)N(Cc3c(Cl)cccc3Cl)C2=O)cc(Br)c1OCc1cccc(F)c1. The Morgan fingerprint density at radius 1 is 1.09 bits per heavy atom. The summed E-state index contributed by atoms with van der Waals surface area (Å²) >= 11 is 16.7. The van der Waals surface area contributed by atoms with E-state index in [1.165, 1.54) is 19.2 Å². The summed E-state index contributed by atoms with van der Waals surface area (Å²) in [6.07, 6.45) is 1.60. The Morgan fingerprint density at radius 2 is 1.80 bits per heavy atom. The van der Waals surface area contributed by atoms with Crippen molar-refractivity contribution in [1.82, 2.24) is 4.90 Å². The lowest BCUT2D eigenvalue weighted by atomic mass is 10.1.